The van der Waals surface area contributed by atoms with E-state index in [1.807, 2.05) is 0 Å². The second-order valence-electron chi connectivity index (χ2n) is 5.04. The molecule has 2 nitrogen and oxygen atoms in total. The zero-order valence-corrected chi connectivity index (χ0v) is 10.9. The molecule has 3 N–H and O–H groups in total. The van der Waals surface area contributed by atoms with Crippen molar-refractivity contribution in [1.29, 1.82) is 0 Å². The number of hydrogen-bond acceptors (Lipinski definition) is 2. The lowest BCUT2D eigenvalue weighted by Gasteiger charge is -2.34. The Kier molecular flexibility index (Phi) is 5.07. The molecule has 0 radical (unpaired) electrons. The molecule has 16 heavy (non-hydrogen) atoms. The molecule has 0 heterocycles. The molecule has 0 bridgehead atoms. The largest absolute Gasteiger partial charge is 0.366 e. The molecule has 0 saturated carbocycles. The predicted octanol–water partition coefficient (Wildman–Crippen LogP) is 3.02. The van der Waals surface area contributed by atoms with Crippen LogP contribution in [-0.4, -0.2) is 6.54 Å². The quantitative estimate of drug-likeness (QED) is 0.695. The van der Waals surface area contributed by atoms with Gasteiger partial charge in [-0.05, 0) is 48.9 Å². The Labute approximate surface area is 100.0 Å². The predicted molar refractivity (Wildman–Crippen MR) is 70.8 cm³/mol. The van der Waals surface area contributed by atoms with Crippen molar-refractivity contribution in [2.75, 3.05) is 6.54 Å². The maximum Gasteiger partial charge on any atom is 0.0147 e. The van der Waals surface area contributed by atoms with E-state index in [4.69, 9.17) is 5.73 Å². The van der Waals surface area contributed by atoms with Crippen LogP contribution in [0.15, 0.2) is 24.0 Å². The first-order chi connectivity index (χ1) is 7.63. The van der Waals surface area contributed by atoms with Crippen LogP contribution in [0.1, 0.15) is 40.0 Å². The Hall–Kier alpha value is -0.760. The second-order valence-corrected chi connectivity index (χ2v) is 5.04. The van der Waals surface area contributed by atoms with E-state index in [1.54, 1.807) is 11.8 Å². The first kappa shape index (κ1) is 13.3. The Balaban J connectivity index is 2.63. The van der Waals surface area contributed by atoms with Crippen LogP contribution in [-0.2, 0) is 0 Å². The zero-order chi connectivity index (χ0) is 12.1. The van der Waals surface area contributed by atoms with Gasteiger partial charge in [0.15, 0.2) is 0 Å². The van der Waals surface area contributed by atoms with Gasteiger partial charge in [0.05, 0.1) is 0 Å². The minimum Gasteiger partial charge on any atom is -0.366 e. The lowest BCUT2D eigenvalue weighted by molar-refractivity contribution is 0.332. The van der Waals surface area contributed by atoms with Crippen LogP contribution in [0.4, 0.5) is 0 Å². The summed E-state index contributed by atoms with van der Waals surface area (Å²) in [6.45, 7) is 11.4. The molecule has 3 atom stereocenters. The van der Waals surface area contributed by atoms with Gasteiger partial charge in [-0.25, -0.2) is 0 Å². The number of nitrogens with two attached hydrogens (primary N) is 1. The smallest absolute Gasteiger partial charge is 0.0147 e. The minimum atomic E-state index is 0.629. The standard InChI is InChI=1S/C14H26N2/c1-5-10(3)12(9-15)8-13-11(4)7-14(13)16-6-2/h6,10-12,16H,2,5,7-9,15H2,1,3-4H3. The van der Waals surface area contributed by atoms with E-state index in [9.17, 15) is 0 Å². The van der Waals surface area contributed by atoms with E-state index < -0.39 is 0 Å². The van der Waals surface area contributed by atoms with Crippen molar-refractivity contribution in [2.45, 2.75) is 40.0 Å². The van der Waals surface area contributed by atoms with E-state index in [1.165, 1.54) is 18.5 Å². The van der Waals surface area contributed by atoms with Gasteiger partial charge in [0.25, 0.3) is 0 Å². The van der Waals surface area contributed by atoms with E-state index in [2.05, 4.69) is 32.7 Å². The monoisotopic (exact) mass is 222 g/mol. The van der Waals surface area contributed by atoms with Gasteiger partial charge in [-0.15, -0.1) is 0 Å². The van der Waals surface area contributed by atoms with Gasteiger partial charge >= 0.3 is 0 Å². The molecule has 1 aliphatic rings. The fraction of sp³-hybridized carbons (Fsp3) is 0.714. The minimum absolute atomic E-state index is 0.629. The summed E-state index contributed by atoms with van der Waals surface area (Å²) >= 11 is 0. The Bertz CT molecular complexity index is 268. The third kappa shape index (κ3) is 2.88. The van der Waals surface area contributed by atoms with Crippen LogP contribution < -0.4 is 11.1 Å². The van der Waals surface area contributed by atoms with E-state index in [0.717, 1.165) is 24.8 Å². The van der Waals surface area contributed by atoms with Crippen molar-refractivity contribution in [3.63, 3.8) is 0 Å². The summed E-state index contributed by atoms with van der Waals surface area (Å²) in [4.78, 5) is 0. The normalized spacial score (nSPS) is 23.6. The fourth-order valence-electron chi connectivity index (χ4n) is 2.46. The second kappa shape index (κ2) is 6.09. The van der Waals surface area contributed by atoms with Gasteiger partial charge in [-0.3, -0.25) is 0 Å². The molecule has 0 aromatic carbocycles. The number of rotatable bonds is 7. The highest BCUT2D eigenvalue weighted by Crippen LogP contribution is 2.38. The van der Waals surface area contributed by atoms with Gasteiger partial charge in [0.2, 0.25) is 0 Å². The number of allylic oxidation sites excluding steroid dienone is 2. The van der Waals surface area contributed by atoms with Gasteiger partial charge < -0.3 is 11.1 Å². The summed E-state index contributed by atoms with van der Waals surface area (Å²) < 4.78 is 0. The van der Waals surface area contributed by atoms with E-state index in [0.29, 0.717) is 5.92 Å². The third-order valence-corrected chi connectivity index (χ3v) is 4.00. The average molecular weight is 222 g/mol. The molecule has 2 heteroatoms. The topological polar surface area (TPSA) is 38.0 Å². The first-order valence-electron chi connectivity index (χ1n) is 6.43. The highest BCUT2D eigenvalue weighted by molar-refractivity contribution is 5.28. The molecular formula is C14H26N2. The molecular weight excluding hydrogens is 196 g/mol. The summed E-state index contributed by atoms with van der Waals surface area (Å²) in [5.41, 5.74) is 8.82. The lowest BCUT2D eigenvalue weighted by Crippen LogP contribution is -2.29. The summed E-state index contributed by atoms with van der Waals surface area (Å²) in [6, 6.07) is 0. The Morgan fingerprint density at radius 3 is 2.75 bits per heavy atom. The third-order valence-electron chi connectivity index (χ3n) is 4.00. The van der Waals surface area contributed by atoms with Crippen LogP contribution >= 0.6 is 0 Å². The molecule has 1 aliphatic carbocycles. The summed E-state index contributed by atoms with van der Waals surface area (Å²) in [7, 11) is 0. The molecule has 1 rings (SSSR count). The Morgan fingerprint density at radius 2 is 2.31 bits per heavy atom. The summed E-state index contributed by atoms with van der Waals surface area (Å²) in [5, 5.41) is 3.25. The summed E-state index contributed by atoms with van der Waals surface area (Å²) in [5.74, 6) is 2.07. The molecule has 92 valence electrons. The maximum atomic E-state index is 5.88. The highest BCUT2D eigenvalue weighted by atomic mass is 14.9. The molecule has 0 saturated heterocycles. The van der Waals surface area contributed by atoms with Crippen LogP contribution in [0, 0.1) is 17.8 Å². The summed E-state index contributed by atoms with van der Waals surface area (Å²) in [6.07, 6.45) is 5.32. The molecule has 0 fully saturated rings. The van der Waals surface area contributed by atoms with Gasteiger partial charge in [-0.1, -0.05) is 33.8 Å². The molecule has 0 amide bonds. The number of nitrogens with one attached hydrogen (secondary N) is 1. The SMILES string of the molecule is C=CNC1=C(CC(CN)C(C)CC)C(C)C1. The van der Waals surface area contributed by atoms with Gasteiger partial charge in [0.1, 0.15) is 0 Å². The highest BCUT2D eigenvalue weighted by Gasteiger charge is 2.28. The fourth-order valence-corrected chi connectivity index (χ4v) is 2.46. The molecule has 0 aliphatic heterocycles. The first-order valence-corrected chi connectivity index (χ1v) is 6.43. The van der Waals surface area contributed by atoms with Crippen molar-refractivity contribution in [2.24, 2.45) is 23.5 Å². The number of hydrogen-bond donors (Lipinski definition) is 2. The van der Waals surface area contributed by atoms with Crippen molar-refractivity contribution < 1.29 is 0 Å². The molecule has 3 unspecified atom stereocenters. The average Bonchev–Trinajstić information content (AvgIpc) is 2.29. The van der Waals surface area contributed by atoms with E-state index in [-0.39, 0.29) is 0 Å². The van der Waals surface area contributed by atoms with Gasteiger partial charge in [-0.2, -0.15) is 0 Å². The molecule has 0 aromatic rings. The van der Waals surface area contributed by atoms with Crippen molar-refractivity contribution in [3.05, 3.63) is 24.0 Å². The van der Waals surface area contributed by atoms with Crippen molar-refractivity contribution in [1.82, 2.24) is 5.32 Å². The van der Waals surface area contributed by atoms with Crippen LogP contribution in [0.2, 0.25) is 0 Å². The van der Waals surface area contributed by atoms with Crippen molar-refractivity contribution in [3.8, 4) is 0 Å². The molecule has 0 spiro atoms. The Morgan fingerprint density at radius 1 is 1.62 bits per heavy atom. The zero-order valence-electron chi connectivity index (χ0n) is 10.9. The maximum absolute atomic E-state index is 5.88. The van der Waals surface area contributed by atoms with Crippen molar-refractivity contribution >= 4 is 0 Å². The van der Waals surface area contributed by atoms with Crippen LogP contribution in [0.25, 0.3) is 0 Å². The van der Waals surface area contributed by atoms with Crippen LogP contribution in [0.5, 0.6) is 0 Å². The van der Waals surface area contributed by atoms with Gasteiger partial charge in [0, 0.05) is 5.70 Å². The lowest BCUT2D eigenvalue weighted by atomic mass is 9.75. The van der Waals surface area contributed by atoms with E-state index >= 15 is 0 Å². The van der Waals surface area contributed by atoms with Crippen LogP contribution in [0.3, 0.4) is 0 Å². The molecule has 0 aromatic heterocycles.